The Kier molecular flexibility index (Phi) is 7.17. The van der Waals surface area contributed by atoms with Crippen LogP contribution < -0.4 is 10.1 Å². The van der Waals surface area contributed by atoms with Gasteiger partial charge in [-0.3, -0.25) is 9.59 Å². The molecule has 0 saturated heterocycles. The summed E-state index contributed by atoms with van der Waals surface area (Å²) in [6.45, 7) is 0.537. The Morgan fingerprint density at radius 1 is 0.967 bits per heavy atom. The van der Waals surface area contributed by atoms with Gasteiger partial charge in [-0.15, -0.1) is 0 Å². The number of carbonyl (C=O) groups is 2. The van der Waals surface area contributed by atoms with E-state index < -0.39 is 11.7 Å². The van der Waals surface area contributed by atoms with Crippen LogP contribution in [-0.2, 0) is 4.74 Å². The largest absolute Gasteiger partial charge is 0.488 e. The molecule has 7 heteroatoms. The molecule has 30 heavy (non-hydrogen) atoms. The predicted octanol–water partition coefficient (Wildman–Crippen LogP) is 4.99. The van der Waals surface area contributed by atoms with Crippen LogP contribution in [0.25, 0.3) is 0 Å². The lowest BCUT2D eigenvalue weighted by atomic mass is 9.98. The number of methoxy groups -OCH3 is 1. The number of carbonyl (C=O) groups excluding carboxylic acids is 2. The lowest BCUT2D eigenvalue weighted by molar-refractivity contribution is 0.0996. The second-order valence-corrected chi connectivity index (χ2v) is 6.76. The molecule has 5 nitrogen and oxygen atoms in total. The van der Waals surface area contributed by atoms with Gasteiger partial charge in [-0.2, -0.15) is 0 Å². The van der Waals surface area contributed by atoms with Crippen LogP contribution in [0.2, 0.25) is 5.02 Å². The Hall–Kier alpha value is -3.22. The summed E-state index contributed by atoms with van der Waals surface area (Å²) in [7, 11) is 1.52. The molecule has 0 radical (unpaired) electrons. The highest BCUT2D eigenvalue weighted by atomic mass is 35.5. The SMILES string of the molecule is COCCOc1ccc(NC(=O)c2ccccc2C(=O)c2ccc(Cl)cc2)cc1F. The first kappa shape index (κ1) is 21.5. The number of nitrogens with one attached hydrogen (secondary N) is 1. The van der Waals surface area contributed by atoms with E-state index in [2.05, 4.69) is 5.32 Å². The van der Waals surface area contributed by atoms with Crippen LogP contribution in [0, 0.1) is 5.82 Å². The molecule has 0 aromatic heterocycles. The number of ether oxygens (including phenoxy) is 2. The third kappa shape index (κ3) is 5.23. The minimum Gasteiger partial charge on any atom is -0.488 e. The van der Waals surface area contributed by atoms with E-state index in [1.54, 1.807) is 42.5 Å². The first-order valence-corrected chi connectivity index (χ1v) is 9.49. The zero-order valence-corrected chi connectivity index (χ0v) is 16.9. The van der Waals surface area contributed by atoms with E-state index in [4.69, 9.17) is 21.1 Å². The number of benzene rings is 3. The molecule has 0 aliphatic rings. The third-order valence-electron chi connectivity index (χ3n) is 4.26. The van der Waals surface area contributed by atoms with Gasteiger partial charge in [-0.25, -0.2) is 4.39 Å². The smallest absolute Gasteiger partial charge is 0.256 e. The second-order valence-electron chi connectivity index (χ2n) is 6.32. The zero-order chi connectivity index (χ0) is 21.5. The van der Waals surface area contributed by atoms with Gasteiger partial charge in [-0.1, -0.05) is 29.8 Å². The number of ketones is 1. The van der Waals surface area contributed by atoms with Crippen LogP contribution in [0.5, 0.6) is 5.75 Å². The van der Waals surface area contributed by atoms with E-state index in [0.717, 1.165) is 6.07 Å². The van der Waals surface area contributed by atoms with Gasteiger partial charge in [-0.05, 0) is 42.5 Å². The van der Waals surface area contributed by atoms with Crippen molar-refractivity contribution in [3.8, 4) is 5.75 Å². The summed E-state index contributed by atoms with van der Waals surface area (Å²) >= 11 is 5.87. The van der Waals surface area contributed by atoms with E-state index in [0.29, 0.717) is 17.2 Å². The molecule has 0 fully saturated rings. The van der Waals surface area contributed by atoms with Gasteiger partial charge >= 0.3 is 0 Å². The molecular weight excluding hydrogens is 409 g/mol. The summed E-state index contributed by atoms with van der Waals surface area (Å²) in [4.78, 5) is 25.6. The molecule has 1 amide bonds. The number of hydrogen-bond acceptors (Lipinski definition) is 4. The monoisotopic (exact) mass is 427 g/mol. The Labute approximate surface area is 178 Å². The number of rotatable bonds is 8. The molecule has 0 aliphatic carbocycles. The summed E-state index contributed by atoms with van der Waals surface area (Å²) in [5, 5.41) is 3.13. The molecule has 0 atom stereocenters. The summed E-state index contributed by atoms with van der Waals surface area (Å²) in [5.41, 5.74) is 1.06. The summed E-state index contributed by atoms with van der Waals surface area (Å²) < 4.78 is 24.3. The highest BCUT2D eigenvalue weighted by Crippen LogP contribution is 2.23. The van der Waals surface area contributed by atoms with Crippen molar-refractivity contribution >= 4 is 29.0 Å². The Morgan fingerprint density at radius 3 is 2.33 bits per heavy atom. The Morgan fingerprint density at radius 2 is 1.67 bits per heavy atom. The number of hydrogen-bond donors (Lipinski definition) is 1. The fourth-order valence-corrected chi connectivity index (χ4v) is 2.89. The van der Waals surface area contributed by atoms with Crippen LogP contribution >= 0.6 is 11.6 Å². The average Bonchev–Trinajstić information content (AvgIpc) is 2.75. The van der Waals surface area contributed by atoms with Gasteiger partial charge in [0.2, 0.25) is 0 Å². The average molecular weight is 428 g/mol. The van der Waals surface area contributed by atoms with E-state index in [1.165, 1.54) is 25.3 Å². The predicted molar refractivity (Wildman–Crippen MR) is 113 cm³/mol. The van der Waals surface area contributed by atoms with E-state index >= 15 is 0 Å². The molecule has 0 saturated carbocycles. The molecule has 0 spiro atoms. The summed E-state index contributed by atoms with van der Waals surface area (Å²) in [6.07, 6.45) is 0. The zero-order valence-electron chi connectivity index (χ0n) is 16.2. The van der Waals surface area contributed by atoms with Gasteiger partial charge in [0, 0.05) is 35.0 Å². The second kappa shape index (κ2) is 10.0. The highest BCUT2D eigenvalue weighted by molar-refractivity contribution is 6.30. The summed E-state index contributed by atoms with van der Waals surface area (Å²) in [6, 6.07) is 16.9. The van der Waals surface area contributed by atoms with Crippen molar-refractivity contribution in [2.75, 3.05) is 25.6 Å². The van der Waals surface area contributed by atoms with Crippen molar-refractivity contribution in [2.24, 2.45) is 0 Å². The first-order chi connectivity index (χ1) is 14.5. The quantitative estimate of drug-likeness (QED) is 0.406. The van der Waals surface area contributed by atoms with Gasteiger partial charge < -0.3 is 14.8 Å². The van der Waals surface area contributed by atoms with Gasteiger partial charge in [0.25, 0.3) is 5.91 Å². The molecule has 0 bridgehead atoms. The standard InChI is InChI=1S/C23H19ClFNO4/c1-29-12-13-30-21-11-10-17(14-20(21)25)26-23(28)19-5-3-2-4-18(19)22(27)15-6-8-16(24)9-7-15/h2-11,14H,12-13H2,1H3,(H,26,28). The Balaban J connectivity index is 1.79. The fourth-order valence-electron chi connectivity index (χ4n) is 2.76. The lowest BCUT2D eigenvalue weighted by Crippen LogP contribution is -2.17. The third-order valence-corrected chi connectivity index (χ3v) is 4.51. The minimum absolute atomic E-state index is 0.0587. The normalized spacial score (nSPS) is 10.5. The molecule has 154 valence electrons. The maximum Gasteiger partial charge on any atom is 0.256 e. The lowest BCUT2D eigenvalue weighted by Gasteiger charge is -2.11. The van der Waals surface area contributed by atoms with Gasteiger partial charge in [0.1, 0.15) is 6.61 Å². The van der Waals surface area contributed by atoms with E-state index in [9.17, 15) is 14.0 Å². The molecule has 0 unspecified atom stereocenters. The maximum absolute atomic E-state index is 14.2. The maximum atomic E-state index is 14.2. The van der Waals surface area contributed by atoms with Crippen molar-refractivity contribution in [3.63, 3.8) is 0 Å². The molecular formula is C23H19ClFNO4. The van der Waals surface area contributed by atoms with Crippen molar-refractivity contribution in [2.45, 2.75) is 0 Å². The minimum atomic E-state index is -0.616. The van der Waals surface area contributed by atoms with E-state index in [1.807, 2.05) is 0 Å². The molecule has 0 heterocycles. The van der Waals surface area contributed by atoms with Crippen molar-refractivity contribution in [1.82, 2.24) is 0 Å². The highest BCUT2D eigenvalue weighted by Gasteiger charge is 2.18. The molecule has 0 aliphatic heterocycles. The Bertz CT molecular complexity index is 1050. The number of anilines is 1. The van der Waals surface area contributed by atoms with E-state index in [-0.39, 0.29) is 35.0 Å². The topological polar surface area (TPSA) is 64.6 Å². The molecule has 3 aromatic carbocycles. The molecule has 1 N–H and O–H groups in total. The van der Waals surface area contributed by atoms with Gasteiger partial charge in [0.05, 0.1) is 12.2 Å². The first-order valence-electron chi connectivity index (χ1n) is 9.11. The fraction of sp³-hybridized carbons (Fsp3) is 0.130. The summed E-state index contributed by atoms with van der Waals surface area (Å²) in [5.74, 6) is -1.40. The van der Waals surface area contributed by atoms with Crippen molar-refractivity contribution in [3.05, 3.63) is 94.3 Å². The van der Waals surface area contributed by atoms with Crippen molar-refractivity contribution < 1.29 is 23.5 Å². The molecule has 3 rings (SSSR count). The number of halogens is 2. The van der Waals surface area contributed by atoms with Crippen LogP contribution in [-0.4, -0.2) is 32.0 Å². The van der Waals surface area contributed by atoms with Crippen LogP contribution in [0.1, 0.15) is 26.3 Å². The van der Waals surface area contributed by atoms with Crippen LogP contribution in [0.15, 0.2) is 66.7 Å². The van der Waals surface area contributed by atoms with Crippen molar-refractivity contribution in [1.29, 1.82) is 0 Å². The van der Waals surface area contributed by atoms with Crippen LogP contribution in [0.3, 0.4) is 0 Å². The number of amides is 1. The van der Waals surface area contributed by atoms with Gasteiger partial charge in [0.15, 0.2) is 17.3 Å². The van der Waals surface area contributed by atoms with Crippen LogP contribution in [0.4, 0.5) is 10.1 Å². The molecule has 3 aromatic rings.